The van der Waals surface area contributed by atoms with Gasteiger partial charge in [-0.3, -0.25) is 9.59 Å². The Balaban J connectivity index is 1.88. The number of nitrogens with one attached hydrogen (secondary N) is 2. The molecule has 128 valence electrons. The standard InChI is InChI=1S/C20H21N3O2/c1-20(2,3)16-8-6-15(7-9-16)19(25)22-13-18(24)23-17-10-4-14(12-21)5-11-17/h4-11H,13H2,1-3H3,(H,22,25)(H,23,24). The molecule has 5 heteroatoms. The highest BCUT2D eigenvalue weighted by Gasteiger charge is 2.14. The number of amides is 2. The van der Waals surface area contributed by atoms with Crippen LogP contribution in [-0.4, -0.2) is 18.4 Å². The molecule has 0 saturated heterocycles. The van der Waals surface area contributed by atoms with Gasteiger partial charge in [-0.05, 0) is 47.4 Å². The van der Waals surface area contributed by atoms with Crippen LogP contribution in [0.2, 0.25) is 0 Å². The Morgan fingerprint density at radius 2 is 1.60 bits per heavy atom. The maximum atomic E-state index is 12.1. The first-order valence-electron chi connectivity index (χ1n) is 7.98. The fraction of sp³-hybridized carbons (Fsp3) is 0.250. The molecule has 0 atom stereocenters. The lowest BCUT2D eigenvalue weighted by atomic mass is 9.87. The molecule has 0 aliphatic heterocycles. The Kier molecular flexibility index (Phi) is 5.56. The zero-order valence-electron chi connectivity index (χ0n) is 14.6. The van der Waals surface area contributed by atoms with Crippen molar-refractivity contribution in [2.45, 2.75) is 26.2 Å². The molecule has 0 unspecified atom stereocenters. The summed E-state index contributed by atoms with van der Waals surface area (Å²) in [6.45, 7) is 6.20. The second-order valence-electron chi connectivity index (χ2n) is 6.75. The molecular weight excluding hydrogens is 314 g/mol. The number of rotatable bonds is 4. The fourth-order valence-electron chi connectivity index (χ4n) is 2.22. The van der Waals surface area contributed by atoms with Crippen molar-refractivity contribution in [1.29, 1.82) is 5.26 Å². The van der Waals surface area contributed by atoms with E-state index in [4.69, 9.17) is 5.26 Å². The zero-order valence-corrected chi connectivity index (χ0v) is 14.6. The summed E-state index contributed by atoms with van der Waals surface area (Å²) in [6.07, 6.45) is 0. The van der Waals surface area contributed by atoms with Crippen LogP contribution >= 0.6 is 0 Å². The van der Waals surface area contributed by atoms with E-state index in [1.54, 1.807) is 36.4 Å². The highest BCUT2D eigenvalue weighted by molar-refractivity contribution is 5.99. The maximum absolute atomic E-state index is 12.1. The van der Waals surface area contributed by atoms with Gasteiger partial charge in [0.05, 0.1) is 18.2 Å². The van der Waals surface area contributed by atoms with Crippen LogP contribution < -0.4 is 10.6 Å². The lowest BCUT2D eigenvalue weighted by Crippen LogP contribution is -2.32. The van der Waals surface area contributed by atoms with Gasteiger partial charge in [-0.2, -0.15) is 5.26 Å². The zero-order chi connectivity index (χ0) is 18.4. The molecule has 25 heavy (non-hydrogen) atoms. The molecule has 0 saturated carbocycles. The third-order valence-corrected chi connectivity index (χ3v) is 3.72. The largest absolute Gasteiger partial charge is 0.343 e. The van der Waals surface area contributed by atoms with Crippen molar-refractivity contribution in [3.05, 3.63) is 65.2 Å². The van der Waals surface area contributed by atoms with Crippen LogP contribution in [-0.2, 0) is 10.2 Å². The molecule has 2 rings (SSSR count). The number of nitrogens with zero attached hydrogens (tertiary/aromatic N) is 1. The number of hydrogen-bond acceptors (Lipinski definition) is 3. The van der Waals surface area contributed by atoms with E-state index in [2.05, 4.69) is 31.4 Å². The Morgan fingerprint density at radius 1 is 1.00 bits per heavy atom. The third-order valence-electron chi connectivity index (χ3n) is 3.72. The van der Waals surface area contributed by atoms with Crippen molar-refractivity contribution in [2.75, 3.05) is 11.9 Å². The van der Waals surface area contributed by atoms with Gasteiger partial charge in [0.15, 0.2) is 0 Å². The summed E-state index contributed by atoms with van der Waals surface area (Å²) in [5.41, 5.74) is 2.77. The number of carbonyl (C=O) groups excluding carboxylic acids is 2. The van der Waals surface area contributed by atoms with Crippen LogP contribution in [0.5, 0.6) is 0 Å². The SMILES string of the molecule is CC(C)(C)c1ccc(C(=O)NCC(=O)Nc2ccc(C#N)cc2)cc1. The quantitative estimate of drug-likeness (QED) is 0.900. The topological polar surface area (TPSA) is 82.0 Å². The molecule has 0 bridgehead atoms. The molecule has 0 radical (unpaired) electrons. The maximum Gasteiger partial charge on any atom is 0.251 e. The summed E-state index contributed by atoms with van der Waals surface area (Å²) in [5.74, 6) is -0.625. The number of benzene rings is 2. The fourth-order valence-corrected chi connectivity index (χ4v) is 2.22. The summed E-state index contributed by atoms with van der Waals surface area (Å²) in [4.78, 5) is 24.0. The molecule has 0 heterocycles. The first-order valence-corrected chi connectivity index (χ1v) is 7.98. The lowest BCUT2D eigenvalue weighted by molar-refractivity contribution is -0.115. The van der Waals surface area contributed by atoms with Crippen LogP contribution in [0.25, 0.3) is 0 Å². The summed E-state index contributed by atoms with van der Waals surface area (Å²) in [6, 6.07) is 15.9. The molecule has 2 amide bonds. The predicted octanol–water partition coefficient (Wildman–Crippen LogP) is 3.22. The number of hydrogen-bond donors (Lipinski definition) is 2. The lowest BCUT2D eigenvalue weighted by Gasteiger charge is -2.19. The van der Waals surface area contributed by atoms with E-state index in [9.17, 15) is 9.59 Å². The Hall–Kier alpha value is -3.13. The van der Waals surface area contributed by atoms with E-state index in [1.807, 2.05) is 18.2 Å². The number of anilines is 1. The van der Waals surface area contributed by atoms with E-state index >= 15 is 0 Å². The van der Waals surface area contributed by atoms with Crippen LogP contribution in [0.15, 0.2) is 48.5 Å². The molecule has 2 aromatic carbocycles. The minimum atomic E-state index is -0.329. The van der Waals surface area contributed by atoms with E-state index < -0.39 is 0 Å². The van der Waals surface area contributed by atoms with Gasteiger partial charge in [0.1, 0.15) is 0 Å². The van der Waals surface area contributed by atoms with Gasteiger partial charge in [0.25, 0.3) is 5.91 Å². The Labute approximate surface area is 147 Å². The average Bonchev–Trinajstić information content (AvgIpc) is 2.59. The Bertz CT molecular complexity index is 795. The van der Waals surface area contributed by atoms with E-state index in [-0.39, 0.29) is 23.8 Å². The van der Waals surface area contributed by atoms with Gasteiger partial charge < -0.3 is 10.6 Å². The molecule has 0 aliphatic carbocycles. The minimum absolute atomic E-state index is 0.0238. The highest BCUT2D eigenvalue weighted by Crippen LogP contribution is 2.22. The third kappa shape index (κ3) is 5.18. The highest BCUT2D eigenvalue weighted by atomic mass is 16.2. The van der Waals surface area contributed by atoms with Crippen LogP contribution in [0.4, 0.5) is 5.69 Å². The monoisotopic (exact) mass is 335 g/mol. The summed E-state index contributed by atoms with van der Waals surface area (Å²) in [7, 11) is 0. The molecule has 0 aliphatic rings. The molecule has 2 N–H and O–H groups in total. The van der Waals surface area contributed by atoms with Gasteiger partial charge in [-0.15, -0.1) is 0 Å². The second-order valence-corrected chi connectivity index (χ2v) is 6.75. The predicted molar refractivity (Wildman–Crippen MR) is 97.3 cm³/mol. The van der Waals surface area contributed by atoms with E-state index in [1.165, 1.54) is 0 Å². The molecule has 0 fully saturated rings. The van der Waals surface area contributed by atoms with Gasteiger partial charge >= 0.3 is 0 Å². The first kappa shape index (κ1) is 18.2. The van der Waals surface area contributed by atoms with Crippen LogP contribution in [0.3, 0.4) is 0 Å². The number of nitriles is 1. The van der Waals surface area contributed by atoms with Crippen molar-refractivity contribution < 1.29 is 9.59 Å². The van der Waals surface area contributed by atoms with E-state index in [0.717, 1.165) is 5.56 Å². The second kappa shape index (κ2) is 7.63. The van der Waals surface area contributed by atoms with E-state index in [0.29, 0.717) is 16.8 Å². The van der Waals surface area contributed by atoms with Crippen molar-refractivity contribution in [3.8, 4) is 6.07 Å². The Morgan fingerprint density at radius 3 is 2.12 bits per heavy atom. The van der Waals surface area contributed by atoms with Gasteiger partial charge in [0, 0.05) is 11.3 Å². The van der Waals surface area contributed by atoms with Crippen LogP contribution in [0, 0.1) is 11.3 Å². The van der Waals surface area contributed by atoms with Gasteiger partial charge in [0.2, 0.25) is 5.91 Å². The molecular formula is C20H21N3O2. The van der Waals surface area contributed by atoms with Crippen molar-refractivity contribution >= 4 is 17.5 Å². The molecule has 0 spiro atoms. The summed E-state index contributed by atoms with van der Waals surface area (Å²) < 4.78 is 0. The van der Waals surface area contributed by atoms with Crippen LogP contribution in [0.1, 0.15) is 42.3 Å². The van der Waals surface area contributed by atoms with Crippen molar-refractivity contribution in [3.63, 3.8) is 0 Å². The molecule has 0 aromatic heterocycles. The number of carbonyl (C=O) groups is 2. The van der Waals surface area contributed by atoms with Crippen molar-refractivity contribution in [1.82, 2.24) is 5.32 Å². The van der Waals surface area contributed by atoms with Crippen molar-refractivity contribution in [2.24, 2.45) is 0 Å². The summed E-state index contributed by atoms with van der Waals surface area (Å²) in [5, 5.41) is 14.0. The normalized spacial score (nSPS) is 10.6. The smallest absolute Gasteiger partial charge is 0.251 e. The summed E-state index contributed by atoms with van der Waals surface area (Å²) >= 11 is 0. The molecule has 5 nitrogen and oxygen atoms in total. The first-order chi connectivity index (χ1) is 11.8. The molecule has 2 aromatic rings. The van der Waals surface area contributed by atoms with Gasteiger partial charge in [-0.1, -0.05) is 32.9 Å². The van der Waals surface area contributed by atoms with Gasteiger partial charge in [-0.25, -0.2) is 0 Å². The minimum Gasteiger partial charge on any atom is -0.343 e. The average molecular weight is 335 g/mol.